The Labute approximate surface area is 213 Å². The van der Waals surface area contributed by atoms with Gasteiger partial charge >= 0.3 is 12.4 Å². The number of hydrogen-bond acceptors (Lipinski definition) is 1. The Morgan fingerprint density at radius 1 is 0.486 bits per heavy atom. The third-order valence-electron chi connectivity index (χ3n) is 5.19. The molecule has 1 nitrogen and oxygen atoms in total. The molecule has 0 bridgehead atoms. The molecule has 0 aliphatic rings. The van der Waals surface area contributed by atoms with Crippen molar-refractivity contribution in [3.8, 4) is 33.8 Å². The van der Waals surface area contributed by atoms with Gasteiger partial charge in [-0.15, -0.1) is 0 Å². The van der Waals surface area contributed by atoms with Crippen molar-refractivity contribution in [3.05, 3.63) is 105 Å². The second-order valence-electron chi connectivity index (χ2n) is 7.49. The minimum atomic E-state index is -4.43. The van der Waals surface area contributed by atoms with E-state index in [0.717, 1.165) is 24.3 Å². The highest BCUT2D eigenvalue weighted by molar-refractivity contribution is 9.11. The molecule has 0 aromatic heterocycles. The van der Waals surface area contributed by atoms with Crippen LogP contribution >= 0.6 is 31.9 Å². The van der Waals surface area contributed by atoms with Crippen LogP contribution in [-0.4, -0.2) is 0 Å². The van der Waals surface area contributed by atoms with E-state index in [9.17, 15) is 26.3 Å². The van der Waals surface area contributed by atoms with Gasteiger partial charge in [0.1, 0.15) is 11.5 Å². The van der Waals surface area contributed by atoms with E-state index in [2.05, 4.69) is 31.9 Å². The number of benzene rings is 4. The van der Waals surface area contributed by atoms with Gasteiger partial charge in [-0.05, 0) is 90.5 Å². The summed E-state index contributed by atoms with van der Waals surface area (Å²) in [5, 5.41) is 0. The third-order valence-corrected chi connectivity index (χ3v) is 6.83. The molecule has 0 heterocycles. The lowest BCUT2D eigenvalue weighted by molar-refractivity contribution is -0.138. The van der Waals surface area contributed by atoms with Gasteiger partial charge in [-0.3, -0.25) is 0 Å². The maximum atomic E-state index is 12.9. The molecular weight excluding hydrogens is 602 g/mol. The summed E-state index contributed by atoms with van der Waals surface area (Å²) in [6, 6.07) is 19.9. The number of rotatable bonds is 4. The fourth-order valence-corrected chi connectivity index (χ4v) is 4.57. The molecule has 0 spiro atoms. The Kier molecular flexibility index (Phi) is 7.02. The molecule has 35 heavy (non-hydrogen) atoms. The highest BCUT2D eigenvalue weighted by Crippen LogP contribution is 2.43. The van der Waals surface area contributed by atoms with Gasteiger partial charge in [0.25, 0.3) is 0 Å². The molecule has 0 N–H and O–H groups in total. The fraction of sp³-hybridized carbons (Fsp3) is 0.0769. The standard InChI is InChI=1S/C26H14Br2F6O/c27-23-19(15-7-11-17(12-8-15)25(29,30)31)3-1-5-21(23)35-22-6-2-4-20(24(22)28)16-9-13-18(14-10-16)26(32,33)34/h1-14H. The largest absolute Gasteiger partial charge is 0.455 e. The maximum absolute atomic E-state index is 12.9. The van der Waals surface area contributed by atoms with Crippen LogP contribution in [0.25, 0.3) is 22.3 Å². The topological polar surface area (TPSA) is 9.23 Å². The quantitative estimate of drug-likeness (QED) is 0.208. The first-order valence-electron chi connectivity index (χ1n) is 10.1. The third kappa shape index (κ3) is 5.56. The van der Waals surface area contributed by atoms with Crippen LogP contribution in [0.2, 0.25) is 0 Å². The van der Waals surface area contributed by atoms with Crippen molar-refractivity contribution in [1.29, 1.82) is 0 Å². The molecule has 9 heteroatoms. The van der Waals surface area contributed by atoms with E-state index < -0.39 is 23.5 Å². The van der Waals surface area contributed by atoms with Crippen molar-refractivity contribution in [2.45, 2.75) is 12.4 Å². The predicted octanol–water partition coefficient (Wildman–Crippen LogP) is 10.4. The zero-order chi connectivity index (χ0) is 25.4. The average molecular weight is 616 g/mol. The van der Waals surface area contributed by atoms with Crippen LogP contribution in [0.5, 0.6) is 11.5 Å². The van der Waals surface area contributed by atoms with E-state index in [1.807, 2.05) is 0 Å². The molecule has 0 fully saturated rings. The fourth-order valence-electron chi connectivity index (χ4n) is 3.42. The summed E-state index contributed by atoms with van der Waals surface area (Å²) in [5.74, 6) is 0.820. The van der Waals surface area contributed by atoms with Crippen molar-refractivity contribution in [2.24, 2.45) is 0 Å². The first kappa shape index (κ1) is 25.3. The zero-order valence-corrected chi connectivity index (χ0v) is 20.7. The molecule has 0 unspecified atom stereocenters. The normalized spacial score (nSPS) is 12.0. The number of hydrogen-bond donors (Lipinski definition) is 0. The van der Waals surface area contributed by atoms with E-state index in [1.54, 1.807) is 36.4 Å². The number of ether oxygens (including phenoxy) is 1. The number of alkyl halides is 6. The lowest BCUT2D eigenvalue weighted by atomic mass is 10.0. The van der Waals surface area contributed by atoms with Crippen LogP contribution < -0.4 is 4.74 Å². The van der Waals surface area contributed by atoms with Gasteiger partial charge in [-0.25, -0.2) is 0 Å². The summed E-state index contributed by atoms with van der Waals surface area (Å²) in [6.07, 6.45) is -8.85. The molecule has 0 radical (unpaired) electrons. The smallest absolute Gasteiger partial charge is 0.416 e. The summed E-state index contributed by atoms with van der Waals surface area (Å²) in [4.78, 5) is 0. The minimum absolute atomic E-state index is 0.410. The first-order chi connectivity index (χ1) is 16.4. The van der Waals surface area contributed by atoms with Crippen molar-refractivity contribution < 1.29 is 31.1 Å². The van der Waals surface area contributed by atoms with E-state index >= 15 is 0 Å². The van der Waals surface area contributed by atoms with Crippen LogP contribution in [-0.2, 0) is 12.4 Å². The van der Waals surface area contributed by atoms with Crippen molar-refractivity contribution in [1.82, 2.24) is 0 Å². The summed E-state index contributed by atoms with van der Waals surface area (Å²) in [6.45, 7) is 0. The van der Waals surface area contributed by atoms with Gasteiger partial charge in [-0.1, -0.05) is 48.5 Å². The Balaban J connectivity index is 1.64. The lowest BCUT2D eigenvalue weighted by Crippen LogP contribution is -2.04. The van der Waals surface area contributed by atoms with E-state index in [4.69, 9.17) is 4.74 Å². The molecule has 0 aliphatic heterocycles. The van der Waals surface area contributed by atoms with Gasteiger partial charge in [0, 0.05) is 0 Å². The summed E-state index contributed by atoms with van der Waals surface area (Å²) >= 11 is 6.96. The molecule has 0 saturated carbocycles. The molecule has 4 rings (SSSR count). The van der Waals surface area contributed by atoms with Gasteiger partial charge in [0.2, 0.25) is 0 Å². The Morgan fingerprint density at radius 2 is 0.829 bits per heavy atom. The summed E-state index contributed by atoms with van der Waals surface area (Å²) < 4.78 is 84.5. The predicted molar refractivity (Wildman–Crippen MR) is 129 cm³/mol. The highest BCUT2D eigenvalue weighted by atomic mass is 79.9. The first-order valence-corrected chi connectivity index (χ1v) is 11.6. The Morgan fingerprint density at radius 3 is 1.14 bits per heavy atom. The van der Waals surface area contributed by atoms with Crippen LogP contribution in [0.15, 0.2) is 93.9 Å². The Hall–Kier alpha value is -2.78. The monoisotopic (exact) mass is 614 g/mol. The lowest BCUT2D eigenvalue weighted by Gasteiger charge is -2.15. The van der Waals surface area contributed by atoms with Crippen LogP contribution in [0.3, 0.4) is 0 Å². The second kappa shape index (κ2) is 9.70. The van der Waals surface area contributed by atoms with Crippen LogP contribution in [0.4, 0.5) is 26.3 Å². The molecule has 0 saturated heterocycles. The minimum Gasteiger partial charge on any atom is -0.455 e. The zero-order valence-electron chi connectivity index (χ0n) is 17.5. The van der Waals surface area contributed by atoms with Gasteiger partial charge in [0.15, 0.2) is 0 Å². The van der Waals surface area contributed by atoms with E-state index in [1.165, 1.54) is 24.3 Å². The summed E-state index contributed by atoms with van der Waals surface area (Å²) in [7, 11) is 0. The van der Waals surface area contributed by atoms with E-state index in [0.29, 0.717) is 42.7 Å². The average Bonchev–Trinajstić information content (AvgIpc) is 2.81. The maximum Gasteiger partial charge on any atom is 0.416 e. The second-order valence-corrected chi connectivity index (χ2v) is 9.07. The Bertz CT molecular complexity index is 1240. The summed E-state index contributed by atoms with van der Waals surface area (Å²) in [5.41, 5.74) is 0.904. The molecule has 4 aromatic carbocycles. The molecule has 0 aliphatic carbocycles. The molecule has 180 valence electrons. The molecule has 0 amide bonds. The van der Waals surface area contributed by atoms with Crippen molar-refractivity contribution in [2.75, 3.05) is 0 Å². The van der Waals surface area contributed by atoms with Crippen molar-refractivity contribution in [3.63, 3.8) is 0 Å². The van der Waals surface area contributed by atoms with Crippen LogP contribution in [0.1, 0.15) is 11.1 Å². The molecule has 4 aromatic rings. The van der Waals surface area contributed by atoms with Gasteiger partial charge in [0.05, 0.1) is 20.1 Å². The van der Waals surface area contributed by atoms with Crippen LogP contribution in [0, 0.1) is 0 Å². The SMILES string of the molecule is FC(F)(F)c1ccc(-c2cccc(Oc3cccc(-c4ccc(C(F)(F)F)cc4)c3Br)c2Br)cc1. The highest BCUT2D eigenvalue weighted by Gasteiger charge is 2.31. The molecule has 0 atom stereocenters. The van der Waals surface area contributed by atoms with Gasteiger partial charge < -0.3 is 4.74 Å². The van der Waals surface area contributed by atoms with Gasteiger partial charge in [-0.2, -0.15) is 26.3 Å². The number of halogens is 8. The molecular formula is C26H14Br2F6O. The van der Waals surface area contributed by atoms with Crippen molar-refractivity contribution >= 4 is 31.9 Å². The van der Waals surface area contributed by atoms with E-state index in [-0.39, 0.29) is 0 Å².